The molecule has 2 aromatic rings. The summed E-state index contributed by atoms with van der Waals surface area (Å²) in [6.07, 6.45) is -0.724. The fraction of sp³-hybridized carbons (Fsp3) is 0.348. The van der Waals surface area contributed by atoms with Crippen molar-refractivity contribution in [3.8, 4) is 23.0 Å². The third-order valence-corrected chi connectivity index (χ3v) is 4.23. The molecule has 0 aliphatic rings. The highest BCUT2D eigenvalue weighted by molar-refractivity contribution is 6.83. The molecule has 4 nitrogen and oxygen atoms in total. The van der Waals surface area contributed by atoms with Crippen molar-refractivity contribution >= 4 is 14.2 Å². The molecule has 0 atom stereocenters. The molecule has 28 heavy (non-hydrogen) atoms. The molecular weight excluding hydrogens is 368 g/mol. The Kier molecular flexibility index (Phi) is 6.93. The molecule has 0 N–H and O–H groups in total. The number of benzene rings is 2. The molecule has 0 saturated heterocycles. The highest BCUT2D eigenvalue weighted by Crippen LogP contribution is 2.20. The van der Waals surface area contributed by atoms with Crippen LogP contribution in [0, 0.1) is 11.5 Å². The molecule has 0 bridgehead atoms. The molecule has 0 fully saturated rings. The fourth-order valence-corrected chi connectivity index (χ4v) is 2.60. The molecule has 0 aliphatic carbocycles. The van der Waals surface area contributed by atoms with Gasteiger partial charge in [-0.05, 0) is 62.7 Å². The van der Waals surface area contributed by atoms with Crippen LogP contribution in [0.15, 0.2) is 48.5 Å². The zero-order valence-corrected chi connectivity index (χ0v) is 18.5. The lowest BCUT2D eigenvalue weighted by atomic mass is 10.1. The lowest BCUT2D eigenvalue weighted by Gasteiger charge is -2.18. The van der Waals surface area contributed by atoms with Gasteiger partial charge in [-0.25, -0.2) is 4.79 Å². The van der Waals surface area contributed by atoms with Gasteiger partial charge >= 0.3 is 6.16 Å². The number of hydrogen-bond acceptors (Lipinski definition) is 4. The summed E-state index contributed by atoms with van der Waals surface area (Å²) < 4.78 is 16.1. The Bertz CT molecular complexity index is 845. The van der Waals surface area contributed by atoms with Gasteiger partial charge in [0.05, 0.1) is 0 Å². The number of ether oxygens (including phenoxy) is 3. The lowest BCUT2D eigenvalue weighted by Crippen LogP contribution is -2.25. The van der Waals surface area contributed by atoms with Crippen LogP contribution in [0.5, 0.6) is 11.5 Å². The maximum Gasteiger partial charge on any atom is 0.514 e. The number of rotatable bonds is 4. The predicted molar refractivity (Wildman–Crippen MR) is 114 cm³/mol. The van der Waals surface area contributed by atoms with E-state index in [4.69, 9.17) is 14.2 Å². The first-order valence-corrected chi connectivity index (χ1v) is 12.8. The van der Waals surface area contributed by atoms with Gasteiger partial charge in [-0.1, -0.05) is 37.7 Å². The van der Waals surface area contributed by atoms with Crippen LogP contribution in [0.1, 0.15) is 31.9 Å². The Balaban J connectivity index is 1.87. The third-order valence-electron chi connectivity index (χ3n) is 3.36. The summed E-state index contributed by atoms with van der Waals surface area (Å²) in [7, 11) is -1.36. The van der Waals surface area contributed by atoms with E-state index in [0.717, 1.165) is 11.1 Å². The maximum atomic E-state index is 11.7. The average Bonchev–Trinajstić information content (AvgIpc) is 2.58. The second-order valence-corrected chi connectivity index (χ2v) is 13.3. The quantitative estimate of drug-likeness (QED) is 0.283. The molecule has 0 unspecified atom stereocenters. The minimum atomic E-state index is -1.36. The molecular formula is C23H28O4Si. The standard InChI is InChI=1S/C23H28O4Si/c1-23(2,3)27-22(24)26-21-13-11-20(12-14-21)25-17-19-9-7-18(8-10-19)15-16-28(4,5)6/h7-14H,17H2,1-6H3. The second-order valence-electron chi connectivity index (χ2n) is 8.52. The Morgan fingerprint density at radius 1 is 0.929 bits per heavy atom. The van der Waals surface area contributed by atoms with Gasteiger partial charge in [-0.15, -0.1) is 5.54 Å². The molecule has 0 radical (unpaired) electrons. The zero-order chi connectivity index (χ0) is 20.8. The van der Waals surface area contributed by atoms with Crippen LogP contribution in [0.4, 0.5) is 4.79 Å². The van der Waals surface area contributed by atoms with Crippen molar-refractivity contribution in [1.82, 2.24) is 0 Å². The van der Waals surface area contributed by atoms with Gasteiger partial charge in [0.1, 0.15) is 31.8 Å². The topological polar surface area (TPSA) is 44.8 Å². The van der Waals surface area contributed by atoms with Crippen molar-refractivity contribution in [2.75, 3.05) is 0 Å². The zero-order valence-electron chi connectivity index (χ0n) is 17.5. The molecule has 2 rings (SSSR count). The molecule has 0 aromatic heterocycles. The largest absolute Gasteiger partial charge is 0.514 e. The summed E-state index contributed by atoms with van der Waals surface area (Å²) in [4.78, 5) is 11.7. The molecule has 0 heterocycles. The molecule has 148 valence electrons. The van der Waals surface area contributed by atoms with E-state index in [1.54, 1.807) is 45.0 Å². The van der Waals surface area contributed by atoms with Crippen LogP contribution >= 0.6 is 0 Å². The van der Waals surface area contributed by atoms with E-state index in [1.165, 1.54) is 0 Å². The molecule has 0 aliphatic heterocycles. The minimum Gasteiger partial charge on any atom is -0.489 e. The molecule has 0 spiro atoms. The van der Waals surface area contributed by atoms with Crippen molar-refractivity contribution < 1.29 is 19.0 Å². The van der Waals surface area contributed by atoms with E-state index in [0.29, 0.717) is 18.1 Å². The molecule has 5 heteroatoms. The summed E-state index contributed by atoms with van der Waals surface area (Å²) >= 11 is 0. The molecule has 2 aromatic carbocycles. The summed E-state index contributed by atoms with van der Waals surface area (Å²) in [5.41, 5.74) is 4.86. The first kappa shape index (κ1) is 21.6. The molecule has 0 amide bonds. The van der Waals surface area contributed by atoms with Gasteiger partial charge < -0.3 is 14.2 Å². The summed E-state index contributed by atoms with van der Waals surface area (Å²) in [5, 5.41) is 0. The summed E-state index contributed by atoms with van der Waals surface area (Å²) in [6.45, 7) is 12.5. The first-order chi connectivity index (χ1) is 13.0. The highest BCUT2D eigenvalue weighted by Gasteiger charge is 2.18. The van der Waals surface area contributed by atoms with Crippen LogP contribution in [0.3, 0.4) is 0 Å². The van der Waals surface area contributed by atoms with Crippen molar-refractivity contribution in [3.63, 3.8) is 0 Å². The number of carbonyl (C=O) groups is 1. The summed E-state index contributed by atoms with van der Waals surface area (Å²) in [5.74, 6) is 4.34. The normalized spacial score (nSPS) is 11.2. The third kappa shape index (κ3) is 8.32. The Hall–Kier alpha value is -2.71. The van der Waals surface area contributed by atoms with E-state index in [1.807, 2.05) is 24.3 Å². The van der Waals surface area contributed by atoms with Crippen molar-refractivity contribution in [1.29, 1.82) is 0 Å². The maximum absolute atomic E-state index is 11.7. The Morgan fingerprint density at radius 3 is 2.04 bits per heavy atom. The molecule has 0 saturated carbocycles. The Morgan fingerprint density at radius 2 is 1.50 bits per heavy atom. The van der Waals surface area contributed by atoms with E-state index in [2.05, 4.69) is 31.1 Å². The smallest absolute Gasteiger partial charge is 0.489 e. The van der Waals surface area contributed by atoms with Gasteiger partial charge in [-0.3, -0.25) is 0 Å². The van der Waals surface area contributed by atoms with E-state index in [9.17, 15) is 4.79 Å². The van der Waals surface area contributed by atoms with E-state index >= 15 is 0 Å². The average molecular weight is 397 g/mol. The van der Waals surface area contributed by atoms with Crippen LogP contribution in [0.2, 0.25) is 19.6 Å². The van der Waals surface area contributed by atoms with E-state index in [-0.39, 0.29) is 0 Å². The fourth-order valence-electron chi connectivity index (χ4n) is 2.08. The predicted octanol–water partition coefficient (Wildman–Crippen LogP) is 5.81. The van der Waals surface area contributed by atoms with Gasteiger partial charge in [-0.2, -0.15) is 0 Å². The van der Waals surface area contributed by atoms with Gasteiger partial charge in [0.25, 0.3) is 0 Å². The van der Waals surface area contributed by atoms with Crippen LogP contribution in [0.25, 0.3) is 0 Å². The number of hydrogen-bond donors (Lipinski definition) is 0. The minimum absolute atomic E-state index is 0.409. The van der Waals surface area contributed by atoms with Crippen LogP contribution < -0.4 is 9.47 Å². The summed E-state index contributed by atoms with van der Waals surface area (Å²) in [6, 6.07) is 14.9. The van der Waals surface area contributed by atoms with Gasteiger partial charge in [0, 0.05) is 5.56 Å². The van der Waals surface area contributed by atoms with Crippen molar-refractivity contribution in [2.45, 2.75) is 52.6 Å². The van der Waals surface area contributed by atoms with Crippen LogP contribution in [-0.4, -0.2) is 19.8 Å². The van der Waals surface area contributed by atoms with Gasteiger partial charge in [0.2, 0.25) is 0 Å². The van der Waals surface area contributed by atoms with E-state index < -0.39 is 19.8 Å². The SMILES string of the molecule is CC(C)(C)OC(=O)Oc1ccc(OCc2ccc(C#C[Si](C)(C)C)cc2)cc1. The lowest BCUT2D eigenvalue weighted by molar-refractivity contribution is 0.0206. The van der Waals surface area contributed by atoms with Gasteiger partial charge in [0.15, 0.2) is 0 Å². The van der Waals surface area contributed by atoms with Crippen molar-refractivity contribution in [3.05, 3.63) is 59.7 Å². The monoisotopic (exact) mass is 396 g/mol. The van der Waals surface area contributed by atoms with Crippen LogP contribution in [-0.2, 0) is 11.3 Å². The van der Waals surface area contributed by atoms with Crippen molar-refractivity contribution in [2.24, 2.45) is 0 Å². The second kappa shape index (κ2) is 8.98. The highest BCUT2D eigenvalue weighted by atomic mass is 28.3. The number of carbonyl (C=O) groups excluding carboxylic acids is 1. The Labute approximate surface area is 168 Å². The first-order valence-electron chi connectivity index (χ1n) is 9.26.